The third kappa shape index (κ3) is 5.46. The SMILES string of the molecule is O=C(CN(CCc1ccccn1)Cc1ccc(F)cc1)Nc1nc2ccccc2s1. The zero-order valence-electron chi connectivity index (χ0n) is 16.3. The third-order valence-electron chi connectivity index (χ3n) is 4.64. The Bertz CT molecular complexity index is 1080. The molecule has 0 spiro atoms. The van der Waals surface area contributed by atoms with Crippen LogP contribution < -0.4 is 5.32 Å². The van der Waals surface area contributed by atoms with E-state index in [2.05, 4.69) is 15.3 Å². The number of aromatic nitrogens is 2. The van der Waals surface area contributed by atoms with Gasteiger partial charge in [-0.1, -0.05) is 41.7 Å². The Balaban J connectivity index is 1.43. The molecule has 0 radical (unpaired) electrons. The predicted molar refractivity (Wildman–Crippen MR) is 118 cm³/mol. The average Bonchev–Trinajstić information content (AvgIpc) is 3.16. The van der Waals surface area contributed by atoms with Crippen LogP contribution in [0.1, 0.15) is 11.3 Å². The Morgan fingerprint density at radius 1 is 1.03 bits per heavy atom. The molecule has 4 rings (SSSR count). The fourth-order valence-electron chi connectivity index (χ4n) is 3.17. The molecule has 152 valence electrons. The van der Waals surface area contributed by atoms with Gasteiger partial charge in [-0.2, -0.15) is 0 Å². The molecule has 30 heavy (non-hydrogen) atoms. The minimum atomic E-state index is -0.271. The highest BCUT2D eigenvalue weighted by atomic mass is 32.1. The first-order chi connectivity index (χ1) is 14.7. The predicted octanol–water partition coefficient (Wildman–Crippen LogP) is 4.51. The second-order valence-electron chi connectivity index (χ2n) is 6.94. The number of benzene rings is 2. The minimum absolute atomic E-state index is 0.128. The van der Waals surface area contributed by atoms with Gasteiger partial charge in [-0.15, -0.1) is 0 Å². The Hall–Kier alpha value is -3.16. The van der Waals surface area contributed by atoms with E-state index in [1.807, 2.05) is 47.4 Å². The fraction of sp³-hybridized carbons (Fsp3) is 0.174. The van der Waals surface area contributed by atoms with Gasteiger partial charge in [-0.05, 0) is 42.0 Å². The van der Waals surface area contributed by atoms with Gasteiger partial charge in [0.1, 0.15) is 5.82 Å². The average molecular weight is 421 g/mol. The molecule has 5 nitrogen and oxygen atoms in total. The molecule has 0 fully saturated rings. The number of hydrogen-bond acceptors (Lipinski definition) is 5. The van der Waals surface area contributed by atoms with Crippen molar-refractivity contribution in [2.24, 2.45) is 0 Å². The van der Waals surface area contributed by atoms with Gasteiger partial charge in [0, 0.05) is 31.4 Å². The number of anilines is 1. The van der Waals surface area contributed by atoms with E-state index < -0.39 is 0 Å². The van der Waals surface area contributed by atoms with Crippen molar-refractivity contribution >= 4 is 32.6 Å². The summed E-state index contributed by atoms with van der Waals surface area (Å²) in [5, 5.41) is 3.50. The zero-order chi connectivity index (χ0) is 20.8. The van der Waals surface area contributed by atoms with Crippen LogP contribution in [0.15, 0.2) is 72.9 Å². The monoisotopic (exact) mass is 420 g/mol. The fourth-order valence-corrected chi connectivity index (χ4v) is 4.05. The van der Waals surface area contributed by atoms with Crippen molar-refractivity contribution in [3.63, 3.8) is 0 Å². The number of rotatable bonds is 8. The van der Waals surface area contributed by atoms with Crippen LogP contribution in [0.2, 0.25) is 0 Å². The third-order valence-corrected chi connectivity index (χ3v) is 5.59. The van der Waals surface area contributed by atoms with Crippen LogP contribution >= 0.6 is 11.3 Å². The van der Waals surface area contributed by atoms with Crippen molar-refractivity contribution in [3.8, 4) is 0 Å². The minimum Gasteiger partial charge on any atom is -0.301 e. The summed E-state index contributed by atoms with van der Waals surface area (Å²) in [6.07, 6.45) is 2.48. The molecule has 0 saturated heterocycles. The summed E-state index contributed by atoms with van der Waals surface area (Å²) in [6.45, 7) is 1.40. The van der Waals surface area contributed by atoms with Crippen molar-refractivity contribution in [3.05, 3.63) is 90.0 Å². The standard InChI is InChI=1S/C23H21FN4OS/c24-18-10-8-17(9-11-18)15-28(14-12-19-5-3-4-13-25-19)16-22(29)27-23-26-20-6-1-2-7-21(20)30-23/h1-11,13H,12,14-16H2,(H,26,27,29). The zero-order valence-corrected chi connectivity index (χ0v) is 17.1. The lowest BCUT2D eigenvalue weighted by Gasteiger charge is -2.21. The summed E-state index contributed by atoms with van der Waals surface area (Å²) < 4.78 is 14.3. The van der Waals surface area contributed by atoms with Gasteiger partial charge in [0.25, 0.3) is 0 Å². The first-order valence-electron chi connectivity index (χ1n) is 9.68. The molecule has 0 aliphatic heterocycles. The number of nitrogens with zero attached hydrogens (tertiary/aromatic N) is 3. The number of fused-ring (bicyclic) bond motifs is 1. The molecule has 1 amide bonds. The van der Waals surface area contributed by atoms with E-state index in [1.165, 1.54) is 23.5 Å². The van der Waals surface area contributed by atoms with Gasteiger partial charge in [0.2, 0.25) is 5.91 Å². The van der Waals surface area contributed by atoms with Gasteiger partial charge >= 0.3 is 0 Å². The van der Waals surface area contributed by atoms with Crippen LogP contribution in [0, 0.1) is 5.82 Å². The van der Waals surface area contributed by atoms with E-state index in [9.17, 15) is 9.18 Å². The maximum absolute atomic E-state index is 13.2. The number of thiazole rings is 1. The normalized spacial score (nSPS) is 11.1. The van der Waals surface area contributed by atoms with Crippen LogP contribution in [-0.4, -0.2) is 33.9 Å². The molecule has 0 saturated carbocycles. The first kappa shape index (κ1) is 20.1. The molecule has 4 aromatic rings. The van der Waals surface area contributed by atoms with Gasteiger partial charge in [0.15, 0.2) is 5.13 Å². The lowest BCUT2D eigenvalue weighted by Crippen LogP contribution is -2.34. The van der Waals surface area contributed by atoms with Crippen molar-refractivity contribution in [2.45, 2.75) is 13.0 Å². The molecule has 0 atom stereocenters. The molecular formula is C23H21FN4OS. The highest BCUT2D eigenvalue weighted by molar-refractivity contribution is 7.22. The maximum atomic E-state index is 13.2. The molecule has 1 N–H and O–H groups in total. The van der Waals surface area contributed by atoms with Crippen molar-refractivity contribution in [1.82, 2.24) is 14.9 Å². The van der Waals surface area contributed by atoms with E-state index in [4.69, 9.17) is 0 Å². The van der Waals surface area contributed by atoms with Crippen LogP contribution in [-0.2, 0) is 17.8 Å². The molecule has 0 bridgehead atoms. The van der Waals surface area contributed by atoms with E-state index in [0.29, 0.717) is 18.2 Å². The smallest absolute Gasteiger partial charge is 0.240 e. The molecule has 0 aliphatic carbocycles. The highest BCUT2D eigenvalue weighted by Gasteiger charge is 2.14. The second kappa shape index (κ2) is 9.56. The number of nitrogens with one attached hydrogen (secondary N) is 1. The molecule has 2 aromatic heterocycles. The topological polar surface area (TPSA) is 58.1 Å². The summed E-state index contributed by atoms with van der Waals surface area (Å²) in [4.78, 5) is 23.5. The molecular weight excluding hydrogens is 399 g/mol. The van der Waals surface area contributed by atoms with Gasteiger partial charge in [-0.25, -0.2) is 9.37 Å². The van der Waals surface area contributed by atoms with Crippen LogP contribution in [0.4, 0.5) is 9.52 Å². The Morgan fingerprint density at radius 2 is 1.83 bits per heavy atom. The number of pyridine rings is 1. The molecule has 2 aromatic carbocycles. The van der Waals surface area contributed by atoms with E-state index in [-0.39, 0.29) is 18.3 Å². The number of amides is 1. The van der Waals surface area contributed by atoms with Crippen molar-refractivity contribution < 1.29 is 9.18 Å². The maximum Gasteiger partial charge on any atom is 0.240 e. The molecule has 0 unspecified atom stereocenters. The van der Waals surface area contributed by atoms with Crippen molar-refractivity contribution in [1.29, 1.82) is 0 Å². The Morgan fingerprint density at radius 3 is 2.60 bits per heavy atom. The van der Waals surface area contributed by atoms with E-state index in [1.54, 1.807) is 18.3 Å². The van der Waals surface area contributed by atoms with Crippen molar-refractivity contribution in [2.75, 3.05) is 18.4 Å². The highest BCUT2D eigenvalue weighted by Crippen LogP contribution is 2.25. The lowest BCUT2D eigenvalue weighted by atomic mass is 10.2. The summed E-state index contributed by atoms with van der Waals surface area (Å²) >= 11 is 1.46. The quantitative estimate of drug-likeness (QED) is 0.456. The largest absolute Gasteiger partial charge is 0.301 e. The van der Waals surface area contributed by atoms with Crippen LogP contribution in [0.3, 0.4) is 0 Å². The molecule has 2 heterocycles. The van der Waals surface area contributed by atoms with Gasteiger partial charge in [-0.3, -0.25) is 14.7 Å². The van der Waals surface area contributed by atoms with E-state index in [0.717, 1.165) is 27.9 Å². The van der Waals surface area contributed by atoms with Gasteiger partial charge < -0.3 is 5.32 Å². The number of carbonyl (C=O) groups is 1. The number of carbonyl (C=O) groups excluding carboxylic acids is 1. The number of para-hydroxylation sites is 1. The summed E-state index contributed by atoms with van der Waals surface area (Å²) in [6, 6.07) is 20.0. The molecule has 0 aliphatic rings. The molecule has 7 heteroatoms. The Labute approximate surface area is 178 Å². The van der Waals surface area contributed by atoms with Crippen LogP contribution in [0.25, 0.3) is 10.2 Å². The Kier molecular flexibility index (Phi) is 6.41. The van der Waals surface area contributed by atoms with E-state index >= 15 is 0 Å². The van der Waals surface area contributed by atoms with Gasteiger partial charge in [0.05, 0.1) is 16.8 Å². The number of hydrogen-bond donors (Lipinski definition) is 1. The lowest BCUT2D eigenvalue weighted by molar-refractivity contribution is -0.117. The first-order valence-corrected chi connectivity index (χ1v) is 10.5. The number of halogens is 1. The van der Waals surface area contributed by atoms with Crippen LogP contribution in [0.5, 0.6) is 0 Å². The summed E-state index contributed by atoms with van der Waals surface area (Å²) in [5.74, 6) is -0.399. The summed E-state index contributed by atoms with van der Waals surface area (Å²) in [5.41, 5.74) is 2.79. The summed E-state index contributed by atoms with van der Waals surface area (Å²) in [7, 11) is 0. The second-order valence-corrected chi connectivity index (χ2v) is 7.97.